The lowest BCUT2D eigenvalue weighted by Crippen LogP contribution is -2.45. The SMILES string of the molecule is C#CC[C@@H]1C[C@]2([C@@H](C)Cc3ccc(OC)cc3F)OCOC2=CC1=O. The molecule has 0 radical (unpaired) electrons. The highest BCUT2D eigenvalue weighted by molar-refractivity contribution is 5.94. The van der Waals surface area contributed by atoms with Crippen molar-refractivity contribution in [2.24, 2.45) is 11.8 Å². The molecular formula is C20H21FO4. The van der Waals surface area contributed by atoms with Gasteiger partial charge in [0.15, 0.2) is 12.6 Å². The molecule has 1 fully saturated rings. The van der Waals surface area contributed by atoms with Crippen LogP contribution in [0.5, 0.6) is 5.75 Å². The fourth-order valence-electron chi connectivity index (χ4n) is 3.65. The third-order valence-electron chi connectivity index (χ3n) is 5.12. The van der Waals surface area contributed by atoms with E-state index in [1.807, 2.05) is 6.92 Å². The smallest absolute Gasteiger partial charge is 0.189 e. The number of benzene rings is 1. The maximum absolute atomic E-state index is 14.3. The van der Waals surface area contributed by atoms with Gasteiger partial charge in [-0.25, -0.2) is 4.39 Å². The molecule has 0 saturated carbocycles. The summed E-state index contributed by atoms with van der Waals surface area (Å²) in [6, 6.07) is 4.82. The quantitative estimate of drug-likeness (QED) is 0.769. The first-order valence-electron chi connectivity index (χ1n) is 8.29. The summed E-state index contributed by atoms with van der Waals surface area (Å²) in [6.07, 6.45) is 8.16. The highest BCUT2D eigenvalue weighted by atomic mass is 19.1. The number of hydrogen-bond acceptors (Lipinski definition) is 4. The molecule has 1 heterocycles. The molecule has 5 heteroatoms. The Balaban J connectivity index is 1.87. The first kappa shape index (κ1) is 17.5. The van der Waals surface area contributed by atoms with Crippen LogP contribution < -0.4 is 4.74 Å². The molecule has 4 nitrogen and oxygen atoms in total. The number of ketones is 1. The third-order valence-corrected chi connectivity index (χ3v) is 5.12. The summed E-state index contributed by atoms with van der Waals surface area (Å²) in [5.41, 5.74) is -0.162. The lowest BCUT2D eigenvalue weighted by Gasteiger charge is -2.38. The first-order chi connectivity index (χ1) is 12.0. The van der Waals surface area contributed by atoms with Gasteiger partial charge >= 0.3 is 0 Å². The minimum atomic E-state index is -0.734. The van der Waals surface area contributed by atoms with Crippen LogP contribution in [0.25, 0.3) is 0 Å². The Morgan fingerprint density at radius 3 is 3.00 bits per heavy atom. The summed E-state index contributed by atoms with van der Waals surface area (Å²) >= 11 is 0. The van der Waals surface area contributed by atoms with E-state index in [2.05, 4.69) is 5.92 Å². The zero-order chi connectivity index (χ0) is 18.0. The van der Waals surface area contributed by atoms with Crippen molar-refractivity contribution < 1.29 is 23.4 Å². The van der Waals surface area contributed by atoms with Gasteiger partial charge in [0.25, 0.3) is 0 Å². The molecule has 0 unspecified atom stereocenters. The van der Waals surface area contributed by atoms with Crippen LogP contribution in [-0.2, 0) is 20.7 Å². The summed E-state index contributed by atoms with van der Waals surface area (Å²) in [6.45, 7) is 2.08. The van der Waals surface area contributed by atoms with Crippen LogP contribution in [0.1, 0.15) is 25.3 Å². The van der Waals surface area contributed by atoms with Crippen molar-refractivity contribution in [3.63, 3.8) is 0 Å². The van der Waals surface area contributed by atoms with E-state index in [0.29, 0.717) is 36.3 Å². The fraction of sp³-hybridized carbons (Fsp3) is 0.450. The van der Waals surface area contributed by atoms with Gasteiger partial charge < -0.3 is 14.2 Å². The Labute approximate surface area is 147 Å². The van der Waals surface area contributed by atoms with E-state index in [1.54, 1.807) is 12.1 Å². The van der Waals surface area contributed by atoms with Crippen molar-refractivity contribution in [2.45, 2.75) is 31.8 Å². The van der Waals surface area contributed by atoms with Crippen LogP contribution in [0, 0.1) is 30.0 Å². The second kappa shape index (κ2) is 6.89. The molecule has 1 aromatic carbocycles. The van der Waals surface area contributed by atoms with E-state index < -0.39 is 5.60 Å². The molecule has 0 spiro atoms. The summed E-state index contributed by atoms with van der Waals surface area (Å²) < 4.78 is 30.8. The summed E-state index contributed by atoms with van der Waals surface area (Å²) in [5.74, 6) is 2.84. The molecule has 1 aliphatic carbocycles. The van der Waals surface area contributed by atoms with Gasteiger partial charge in [0, 0.05) is 24.5 Å². The minimum absolute atomic E-state index is 0.0306. The second-order valence-corrected chi connectivity index (χ2v) is 6.58. The van der Waals surface area contributed by atoms with Crippen molar-refractivity contribution in [3.8, 4) is 18.1 Å². The standard InChI is InChI=1S/C20H21FO4/c1-4-5-15-11-20(19(10-18(15)22)24-12-25-20)13(2)8-14-6-7-16(23-3)9-17(14)21/h1,6-7,9-10,13,15H,5,8,11-12H2,2-3H3/t13-,15+,20+/m0/s1. The van der Waals surface area contributed by atoms with Gasteiger partial charge in [0.1, 0.15) is 22.9 Å². The minimum Gasteiger partial charge on any atom is -0.497 e. The molecular weight excluding hydrogens is 323 g/mol. The maximum atomic E-state index is 14.3. The second-order valence-electron chi connectivity index (χ2n) is 6.58. The van der Waals surface area contributed by atoms with Crippen molar-refractivity contribution >= 4 is 5.78 Å². The maximum Gasteiger partial charge on any atom is 0.189 e. The predicted octanol–water partition coefficient (Wildman–Crippen LogP) is 3.25. The lowest BCUT2D eigenvalue weighted by atomic mass is 9.71. The summed E-state index contributed by atoms with van der Waals surface area (Å²) in [7, 11) is 1.50. The first-order valence-corrected chi connectivity index (χ1v) is 8.29. The fourth-order valence-corrected chi connectivity index (χ4v) is 3.65. The van der Waals surface area contributed by atoms with E-state index in [0.717, 1.165) is 0 Å². The zero-order valence-electron chi connectivity index (χ0n) is 14.4. The van der Waals surface area contributed by atoms with E-state index in [9.17, 15) is 9.18 Å². The number of carbonyl (C=O) groups excluding carboxylic acids is 1. The average molecular weight is 344 g/mol. The Morgan fingerprint density at radius 1 is 1.52 bits per heavy atom. The highest BCUT2D eigenvalue weighted by Gasteiger charge is 2.51. The Morgan fingerprint density at radius 2 is 2.32 bits per heavy atom. The number of terminal acetylenes is 1. The number of halogens is 1. The highest BCUT2D eigenvalue weighted by Crippen LogP contribution is 2.46. The topological polar surface area (TPSA) is 44.8 Å². The normalized spacial score (nSPS) is 26.2. The van der Waals surface area contributed by atoms with Crippen LogP contribution in [0.2, 0.25) is 0 Å². The molecule has 0 amide bonds. The van der Waals surface area contributed by atoms with Gasteiger partial charge in [-0.3, -0.25) is 4.79 Å². The van der Waals surface area contributed by atoms with Crippen molar-refractivity contribution in [2.75, 3.05) is 13.9 Å². The molecule has 2 aliphatic rings. The van der Waals surface area contributed by atoms with Gasteiger partial charge in [0.05, 0.1) is 7.11 Å². The number of allylic oxidation sites excluding steroid dienone is 1. The molecule has 1 aromatic rings. The third kappa shape index (κ3) is 3.14. The van der Waals surface area contributed by atoms with E-state index in [4.69, 9.17) is 20.6 Å². The summed E-state index contributed by atoms with van der Waals surface area (Å²) in [4.78, 5) is 12.2. The van der Waals surface area contributed by atoms with Crippen LogP contribution >= 0.6 is 0 Å². The number of rotatable bonds is 5. The van der Waals surface area contributed by atoms with Crippen LogP contribution in [-0.4, -0.2) is 25.3 Å². The van der Waals surface area contributed by atoms with Crippen molar-refractivity contribution in [1.29, 1.82) is 0 Å². The summed E-state index contributed by atoms with van der Waals surface area (Å²) in [5, 5.41) is 0. The average Bonchev–Trinajstić information content (AvgIpc) is 3.01. The molecule has 3 atom stereocenters. The monoisotopic (exact) mass is 344 g/mol. The Bertz CT molecular complexity index is 749. The van der Waals surface area contributed by atoms with Gasteiger partial charge in [-0.1, -0.05) is 13.0 Å². The molecule has 3 rings (SSSR count). The van der Waals surface area contributed by atoms with Crippen LogP contribution in [0.15, 0.2) is 30.0 Å². The van der Waals surface area contributed by atoms with Crippen LogP contribution in [0.4, 0.5) is 4.39 Å². The van der Waals surface area contributed by atoms with Crippen molar-refractivity contribution in [1.82, 2.24) is 0 Å². The van der Waals surface area contributed by atoms with Gasteiger partial charge in [-0.2, -0.15) is 0 Å². The number of hydrogen-bond donors (Lipinski definition) is 0. The van der Waals surface area contributed by atoms with E-state index in [1.165, 1.54) is 19.3 Å². The molecule has 0 aromatic heterocycles. The largest absolute Gasteiger partial charge is 0.497 e. The molecule has 25 heavy (non-hydrogen) atoms. The Hall–Kier alpha value is -2.32. The van der Waals surface area contributed by atoms with Crippen molar-refractivity contribution in [3.05, 3.63) is 41.4 Å². The molecule has 132 valence electrons. The molecule has 1 saturated heterocycles. The van der Waals surface area contributed by atoms with Gasteiger partial charge in [0.2, 0.25) is 0 Å². The lowest BCUT2D eigenvalue weighted by molar-refractivity contribution is -0.123. The molecule has 0 N–H and O–H groups in total. The Kier molecular flexibility index (Phi) is 4.82. The van der Waals surface area contributed by atoms with E-state index in [-0.39, 0.29) is 30.2 Å². The van der Waals surface area contributed by atoms with E-state index >= 15 is 0 Å². The van der Waals surface area contributed by atoms with Gasteiger partial charge in [-0.15, -0.1) is 12.3 Å². The van der Waals surface area contributed by atoms with Gasteiger partial charge in [-0.05, 0) is 30.4 Å². The van der Waals surface area contributed by atoms with Crippen LogP contribution in [0.3, 0.4) is 0 Å². The predicted molar refractivity (Wildman–Crippen MR) is 90.2 cm³/mol. The number of fused-ring (bicyclic) bond motifs is 1. The number of carbonyl (C=O) groups is 1. The number of ether oxygens (including phenoxy) is 3. The zero-order valence-corrected chi connectivity index (χ0v) is 14.4. The molecule has 1 aliphatic heterocycles. The molecule has 0 bridgehead atoms. The number of methoxy groups -OCH3 is 1.